The fourth-order valence-electron chi connectivity index (χ4n) is 6.22. The maximum Gasteiger partial charge on any atom is 0.333 e. The van der Waals surface area contributed by atoms with E-state index in [-0.39, 0.29) is 29.5 Å². The number of anilines is 3. The van der Waals surface area contributed by atoms with Crippen LogP contribution >= 0.6 is 11.3 Å². The molecule has 38 heavy (non-hydrogen) atoms. The Morgan fingerprint density at radius 3 is 1.92 bits per heavy atom. The summed E-state index contributed by atoms with van der Waals surface area (Å²) in [4.78, 5) is 44.5. The van der Waals surface area contributed by atoms with Gasteiger partial charge in [-0.3, -0.25) is 19.4 Å². The highest BCUT2D eigenvalue weighted by atomic mass is 32.1. The summed E-state index contributed by atoms with van der Waals surface area (Å²) in [5.74, 6) is -1.07. The van der Waals surface area contributed by atoms with E-state index in [1.54, 1.807) is 31.3 Å². The van der Waals surface area contributed by atoms with E-state index in [9.17, 15) is 14.4 Å². The summed E-state index contributed by atoms with van der Waals surface area (Å²) >= 11 is 1.58. The van der Waals surface area contributed by atoms with Crippen LogP contribution in [0.4, 0.5) is 21.2 Å². The molecule has 4 amide bonds. The lowest BCUT2D eigenvalue weighted by atomic mass is 9.67. The van der Waals surface area contributed by atoms with Gasteiger partial charge in [-0.05, 0) is 54.3 Å². The predicted molar refractivity (Wildman–Crippen MR) is 151 cm³/mol. The number of benzene rings is 2. The number of urea groups is 1. The van der Waals surface area contributed by atoms with E-state index in [1.807, 2.05) is 0 Å². The van der Waals surface area contributed by atoms with Crippen molar-refractivity contribution >= 4 is 51.6 Å². The Balaban J connectivity index is 1.57. The Labute approximate surface area is 227 Å². The molecule has 194 valence electrons. The molecule has 0 spiro atoms. The summed E-state index contributed by atoms with van der Waals surface area (Å²) in [6.07, 6.45) is 1.67. The highest BCUT2D eigenvalue weighted by molar-refractivity contribution is 7.17. The lowest BCUT2D eigenvalue weighted by Crippen LogP contribution is -2.56. The van der Waals surface area contributed by atoms with Crippen LogP contribution in [-0.2, 0) is 20.4 Å². The number of carbonyl (C=O) groups excluding carboxylic acids is 3. The van der Waals surface area contributed by atoms with Gasteiger partial charge in [0.15, 0.2) is 0 Å². The van der Waals surface area contributed by atoms with E-state index >= 15 is 0 Å². The topological polar surface area (TPSA) is 60.9 Å². The molecular formula is C31H31N3O3S. The standard InChI is InChI=1S/C31H31N3O3S/c1-7-32-26(35)19(27(36)33(8-2)29(32)37)16-18-17-23-28(38-18)34-24-15-10-9-12-20(24)30(3,4)21-13-11-14-22(25(21)34)31(23,5)6/h9-17H,7-8H2,1-6H3. The van der Waals surface area contributed by atoms with E-state index in [2.05, 4.69) is 81.1 Å². The van der Waals surface area contributed by atoms with E-state index in [0.29, 0.717) is 0 Å². The zero-order valence-corrected chi connectivity index (χ0v) is 23.4. The second-order valence-electron chi connectivity index (χ2n) is 11.1. The molecule has 0 atom stereocenters. The first kappa shape index (κ1) is 24.6. The molecule has 7 heteroatoms. The van der Waals surface area contributed by atoms with Gasteiger partial charge in [0.1, 0.15) is 10.6 Å². The molecule has 4 heterocycles. The van der Waals surface area contributed by atoms with Gasteiger partial charge in [-0.15, -0.1) is 11.3 Å². The number of rotatable bonds is 3. The van der Waals surface area contributed by atoms with Crippen molar-refractivity contribution in [3.05, 3.63) is 81.2 Å². The van der Waals surface area contributed by atoms with Crippen molar-refractivity contribution in [2.24, 2.45) is 0 Å². The average molecular weight is 526 g/mol. The second kappa shape index (κ2) is 8.14. The largest absolute Gasteiger partial charge is 0.333 e. The normalized spacial score (nSPS) is 18.8. The van der Waals surface area contributed by atoms with Gasteiger partial charge in [0.05, 0.1) is 11.4 Å². The van der Waals surface area contributed by atoms with E-state index < -0.39 is 17.8 Å². The van der Waals surface area contributed by atoms with Gasteiger partial charge in [0.25, 0.3) is 11.8 Å². The molecule has 3 aliphatic heterocycles. The number of para-hydroxylation sites is 2. The van der Waals surface area contributed by atoms with Gasteiger partial charge < -0.3 is 4.90 Å². The maximum atomic E-state index is 13.2. The number of likely N-dealkylation sites (N-methyl/N-ethyl adjacent to an activating group) is 2. The Kier molecular flexibility index (Phi) is 5.27. The molecular weight excluding hydrogens is 494 g/mol. The first-order valence-electron chi connectivity index (χ1n) is 13.1. The monoisotopic (exact) mass is 525 g/mol. The minimum Gasteiger partial charge on any atom is -0.301 e. The van der Waals surface area contributed by atoms with Gasteiger partial charge in [-0.1, -0.05) is 64.1 Å². The molecule has 0 bridgehead atoms. The molecule has 3 aromatic rings. The number of fused-ring (bicyclic) bond motifs is 4. The smallest absolute Gasteiger partial charge is 0.301 e. The third-order valence-electron chi connectivity index (χ3n) is 8.36. The van der Waals surface area contributed by atoms with E-state index in [0.717, 1.165) is 30.9 Å². The summed E-state index contributed by atoms with van der Waals surface area (Å²) in [6, 6.07) is 16.7. The highest BCUT2D eigenvalue weighted by Gasteiger charge is 2.46. The molecule has 0 radical (unpaired) electrons. The number of imide groups is 2. The SMILES string of the molecule is CCN1C(=O)C(=Cc2cc3c(s2)N2c4ccccc4C(C)(C)c4cccc(c42)C3(C)C)C(=O)N(CC)C1=O. The fourth-order valence-corrected chi connectivity index (χ4v) is 7.50. The van der Waals surface area contributed by atoms with Crippen LogP contribution in [0, 0.1) is 0 Å². The van der Waals surface area contributed by atoms with Crippen LogP contribution in [0.2, 0.25) is 0 Å². The van der Waals surface area contributed by atoms with Crippen molar-refractivity contribution < 1.29 is 14.4 Å². The number of hydrogen-bond acceptors (Lipinski definition) is 5. The molecule has 6 nitrogen and oxygen atoms in total. The van der Waals surface area contributed by atoms with Gasteiger partial charge in [0.2, 0.25) is 0 Å². The third-order valence-corrected chi connectivity index (χ3v) is 9.43. The van der Waals surface area contributed by atoms with Crippen LogP contribution in [-0.4, -0.2) is 40.7 Å². The summed E-state index contributed by atoms with van der Waals surface area (Å²) in [6.45, 7) is 13.0. The van der Waals surface area contributed by atoms with Crippen LogP contribution in [0.15, 0.2) is 54.1 Å². The summed E-state index contributed by atoms with van der Waals surface area (Å²) in [5.41, 5.74) is 6.92. The molecule has 1 saturated heterocycles. The molecule has 0 unspecified atom stereocenters. The third kappa shape index (κ3) is 3.08. The predicted octanol–water partition coefficient (Wildman–Crippen LogP) is 6.71. The molecule has 0 saturated carbocycles. The lowest BCUT2D eigenvalue weighted by Gasteiger charge is -2.48. The van der Waals surface area contributed by atoms with Crippen molar-refractivity contribution in [1.29, 1.82) is 0 Å². The second-order valence-corrected chi connectivity index (χ2v) is 12.2. The fraction of sp³-hybridized carbons (Fsp3) is 0.323. The molecule has 0 aliphatic carbocycles. The van der Waals surface area contributed by atoms with Gasteiger partial charge in [0, 0.05) is 28.8 Å². The van der Waals surface area contributed by atoms with Crippen molar-refractivity contribution in [3.8, 4) is 0 Å². The van der Waals surface area contributed by atoms with Crippen molar-refractivity contribution in [3.63, 3.8) is 0 Å². The van der Waals surface area contributed by atoms with Crippen LogP contribution in [0.5, 0.6) is 0 Å². The van der Waals surface area contributed by atoms with Crippen LogP contribution in [0.3, 0.4) is 0 Å². The van der Waals surface area contributed by atoms with Crippen LogP contribution < -0.4 is 4.90 Å². The highest BCUT2D eigenvalue weighted by Crippen LogP contribution is 2.61. The summed E-state index contributed by atoms with van der Waals surface area (Å²) < 4.78 is 0. The molecule has 0 N–H and O–H groups in total. The van der Waals surface area contributed by atoms with Crippen LogP contribution in [0.25, 0.3) is 6.08 Å². The number of thiophene rings is 1. The maximum absolute atomic E-state index is 13.2. The Morgan fingerprint density at radius 1 is 0.763 bits per heavy atom. The van der Waals surface area contributed by atoms with E-state index in [1.165, 1.54) is 22.4 Å². The minimum atomic E-state index is -0.552. The zero-order chi connectivity index (χ0) is 27.1. The number of amides is 4. The van der Waals surface area contributed by atoms with Crippen LogP contribution in [0.1, 0.15) is 68.7 Å². The van der Waals surface area contributed by atoms with Crippen molar-refractivity contribution in [2.45, 2.75) is 52.4 Å². The molecule has 2 aromatic carbocycles. The summed E-state index contributed by atoms with van der Waals surface area (Å²) in [5, 5.41) is 1.09. The summed E-state index contributed by atoms with van der Waals surface area (Å²) in [7, 11) is 0. The van der Waals surface area contributed by atoms with Gasteiger partial charge >= 0.3 is 6.03 Å². The van der Waals surface area contributed by atoms with Gasteiger partial charge in [-0.2, -0.15) is 0 Å². The average Bonchev–Trinajstić information content (AvgIpc) is 3.32. The molecule has 1 aromatic heterocycles. The quantitative estimate of drug-likeness (QED) is 0.282. The van der Waals surface area contributed by atoms with E-state index in [4.69, 9.17) is 0 Å². The number of barbiturate groups is 1. The Hall–Kier alpha value is -3.71. The molecule has 6 rings (SSSR count). The number of hydrogen-bond donors (Lipinski definition) is 0. The molecule has 1 fully saturated rings. The zero-order valence-electron chi connectivity index (χ0n) is 22.6. The van der Waals surface area contributed by atoms with Crippen molar-refractivity contribution in [1.82, 2.24) is 9.80 Å². The Bertz CT molecular complexity index is 1550. The molecule has 3 aliphatic rings. The lowest BCUT2D eigenvalue weighted by molar-refractivity contribution is -0.135. The minimum absolute atomic E-state index is 0.0306. The first-order valence-corrected chi connectivity index (χ1v) is 13.9. The Morgan fingerprint density at radius 2 is 1.32 bits per heavy atom. The van der Waals surface area contributed by atoms with Gasteiger partial charge in [-0.25, -0.2) is 4.79 Å². The number of carbonyl (C=O) groups is 3. The van der Waals surface area contributed by atoms with Crippen molar-refractivity contribution in [2.75, 3.05) is 18.0 Å². The number of nitrogens with zero attached hydrogens (tertiary/aromatic N) is 3. The first-order chi connectivity index (χ1) is 18.0.